The van der Waals surface area contributed by atoms with E-state index >= 15 is 0 Å². The lowest BCUT2D eigenvalue weighted by Gasteiger charge is -2.23. The van der Waals surface area contributed by atoms with Crippen LogP contribution in [-0.2, 0) is 13.1 Å². The third kappa shape index (κ3) is 3.68. The van der Waals surface area contributed by atoms with Crippen molar-refractivity contribution in [2.45, 2.75) is 32.0 Å². The molecule has 106 valence electrons. The normalized spacial score (nSPS) is 19.1. The molecule has 2 heterocycles. The van der Waals surface area contributed by atoms with E-state index in [4.69, 9.17) is 0 Å². The minimum absolute atomic E-state index is 0.598. The number of hydrogen-bond donors (Lipinski definition) is 2. The van der Waals surface area contributed by atoms with Gasteiger partial charge in [0.25, 0.3) is 0 Å². The summed E-state index contributed by atoms with van der Waals surface area (Å²) in [5, 5.41) is 11.5. The van der Waals surface area contributed by atoms with Gasteiger partial charge in [0.1, 0.15) is 0 Å². The second kappa shape index (κ2) is 6.68. The number of benzene rings is 1. The van der Waals surface area contributed by atoms with Gasteiger partial charge < -0.3 is 10.6 Å². The van der Waals surface area contributed by atoms with Gasteiger partial charge in [-0.1, -0.05) is 30.3 Å². The van der Waals surface area contributed by atoms with Gasteiger partial charge >= 0.3 is 0 Å². The molecule has 0 amide bonds. The number of nitrogens with zero attached hydrogens (tertiary/aromatic N) is 2. The van der Waals surface area contributed by atoms with Crippen molar-refractivity contribution in [3.05, 3.63) is 53.9 Å². The van der Waals surface area contributed by atoms with Crippen LogP contribution in [0.3, 0.4) is 0 Å². The van der Waals surface area contributed by atoms with E-state index in [0.29, 0.717) is 6.04 Å². The van der Waals surface area contributed by atoms with Crippen LogP contribution in [0.5, 0.6) is 0 Å². The predicted octanol–water partition coefficient (Wildman–Crippen LogP) is 1.77. The zero-order valence-corrected chi connectivity index (χ0v) is 11.8. The van der Waals surface area contributed by atoms with Crippen LogP contribution in [-0.4, -0.2) is 28.9 Å². The van der Waals surface area contributed by atoms with E-state index in [1.165, 1.54) is 24.0 Å². The summed E-state index contributed by atoms with van der Waals surface area (Å²) < 4.78 is 2.01. The summed E-state index contributed by atoms with van der Waals surface area (Å²) in [6.45, 7) is 3.98. The quantitative estimate of drug-likeness (QED) is 0.870. The first-order chi connectivity index (χ1) is 9.90. The smallest absolute Gasteiger partial charge is 0.0659 e. The third-order valence-corrected chi connectivity index (χ3v) is 3.77. The molecule has 1 saturated heterocycles. The molecule has 4 heteroatoms. The van der Waals surface area contributed by atoms with Gasteiger partial charge in [-0.2, -0.15) is 5.10 Å². The summed E-state index contributed by atoms with van der Waals surface area (Å²) in [6, 6.07) is 11.0. The van der Waals surface area contributed by atoms with Crippen molar-refractivity contribution >= 4 is 0 Å². The molecule has 0 saturated carbocycles. The molecule has 4 nitrogen and oxygen atoms in total. The fraction of sp³-hybridized carbons (Fsp3) is 0.438. The number of rotatable bonds is 5. The second-order valence-electron chi connectivity index (χ2n) is 5.46. The predicted molar refractivity (Wildman–Crippen MR) is 80.5 cm³/mol. The highest BCUT2D eigenvalue weighted by molar-refractivity contribution is 5.15. The van der Waals surface area contributed by atoms with Gasteiger partial charge in [-0.15, -0.1) is 0 Å². The van der Waals surface area contributed by atoms with Crippen LogP contribution in [0.25, 0.3) is 0 Å². The molecular weight excluding hydrogens is 248 g/mol. The van der Waals surface area contributed by atoms with Crippen LogP contribution in [0.2, 0.25) is 0 Å². The summed E-state index contributed by atoms with van der Waals surface area (Å²) >= 11 is 0. The van der Waals surface area contributed by atoms with Crippen molar-refractivity contribution in [1.29, 1.82) is 0 Å². The first-order valence-corrected chi connectivity index (χ1v) is 7.39. The van der Waals surface area contributed by atoms with Crippen LogP contribution < -0.4 is 10.6 Å². The average Bonchev–Trinajstić information content (AvgIpc) is 2.95. The number of aromatic nitrogens is 2. The molecule has 1 fully saturated rings. The van der Waals surface area contributed by atoms with Crippen LogP contribution >= 0.6 is 0 Å². The highest BCUT2D eigenvalue weighted by atomic mass is 15.3. The van der Waals surface area contributed by atoms with E-state index < -0.39 is 0 Å². The van der Waals surface area contributed by atoms with Crippen molar-refractivity contribution in [2.24, 2.45) is 0 Å². The van der Waals surface area contributed by atoms with Crippen molar-refractivity contribution < 1.29 is 0 Å². The van der Waals surface area contributed by atoms with Gasteiger partial charge in [0.15, 0.2) is 0 Å². The van der Waals surface area contributed by atoms with E-state index in [-0.39, 0.29) is 0 Å². The van der Waals surface area contributed by atoms with Crippen molar-refractivity contribution in [3.63, 3.8) is 0 Å². The Labute approximate surface area is 120 Å². The lowest BCUT2D eigenvalue weighted by molar-refractivity contribution is 0.389. The van der Waals surface area contributed by atoms with Crippen LogP contribution in [0.4, 0.5) is 0 Å². The molecule has 1 aliphatic heterocycles. The van der Waals surface area contributed by atoms with Gasteiger partial charge in [-0.25, -0.2) is 0 Å². The first-order valence-electron chi connectivity index (χ1n) is 7.39. The lowest BCUT2D eigenvalue weighted by atomic mass is 10.1. The van der Waals surface area contributed by atoms with E-state index in [2.05, 4.69) is 46.2 Å². The number of hydrogen-bond acceptors (Lipinski definition) is 3. The van der Waals surface area contributed by atoms with Gasteiger partial charge in [-0.05, 0) is 24.9 Å². The Morgan fingerprint density at radius 3 is 2.95 bits per heavy atom. The Bertz CT molecular complexity index is 514. The largest absolute Gasteiger partial charge is 0.315 e. The Kier molecular flexibility index (Phi) is 4.46. The van der Waals surface area contributed by atoms with E-state index in [9.17, 15) is 0 Å². The molecule has 2 N–H and O–H groups in total. The lowest BCUT2D eigenvalue weighted by Crippen LogP contribution is -2.42. The Morgan fingerprint density at radius 1 is 1.25 bits per heavy atom. The molecule has 3 rings (SSSR count). The van der Waals surface area contributed by atoms with Crippen LogP contribution in [0.15, 0.2) is 42.7 Å². The second-order valence-corrected chi connectivity index (χ2v) is 5.46. The number of piperidine rings is 1. The monoisotopic (exact) mass is 270 g/mol. The number of nitrogens with one attached hydrogen (secondary N) is 2. The summed E-state index contributed by atoms with van der Waals surface area (Å²) in [6.07, 6.45) is 6.64. The third-order valence-electron chi connectivity index (χ3n) is 3.77. The molecular formula is C16H22N4. The molecule has 20 heavy (non-hydrogen) atoms. The molecule has 0 spiro atoms. The summed E-state index contributed by atoms with van der Waals surface area (Å²) in [4.78, 5) is 0. The highest BCUT2D eigenvalue weighted by Gasteiger charge is 2.12. The van der Waals surface area contributed by atoms with E-state index in [1.807, 2.05) is 16.9 Å². The molecule has 1 aromatic carbocycles. The fourth-order valence-corrected chi connectivity index (χ4v) is 2.64. The minimum atomic E-state index is 0.598. The fourth-order valence-electron chi connectivity index (χ4n) is 2.64. The standard InChI is InChI=1S/C16H22N4/c1-2-5-14(6-3-1)12-20-13-15(10-19-20)9-18-16-7-4-8-17-11-16/h1-3,5-6,10,13,16-18H,4,7-9,11-12H2/t16-/m1/s1. The molecule has 0 bridgehead atoms. The SMILES string of the molecule is c1ccc(Cn2cc(CN[C@@H]3CCCNC3)cn2)cc1. The Balaban J connectivity index is 1.51. The topological polar surface area (TPSA) is 41.9 Å². The average molecular weight is 270 g/mol. The summed E-state index contributed by atoms with van der Waals surface area (Å²) in [5.74, 6) is 0. The molecule has 2 aromatic rings. The zero-order chi connectivity index (χ0) is 13.6. The van der Waals surface area contributed by atoms with Gasteiger partial charge in [0.05, 0.1) is 12.7 Å². The van der Waals surface area contributed by atoms with Crippen molar-refractivity contribution in [2.75, 3.05) is 13.1 Å². The maximum absolute atomic E-state index is 4.44. The van der Waals surface area contributed by atoms with Gasteiger partial charge in [0.2, 0.25) is 0 Å². The minimum Gasteiger partial charge on any atom is -0.315 e. The summed E-state index contributed by atoms with van der Waals surface area (Å²) in [7, 11) is 0. The molecule has 0 radical (unpaired) electrons. The van der Waals surface area contributed by atoms with E-state index in [1.54, 1.807) is 0 Å². The molecule has 0 aliphatic carbocycles. The van der Waals surface area contributed by atoms with Crippen molar-refractivity contribution in [1.82, 2.24) is 20.4 Å². The molecule has 0 unspecified atom stereocenters. The van der Waals surface area contributed by atoms with E-state index in [0.717, 1.165) is 26.2 Å². The zero-order valence-electron chi connectivity index (χ0n) is 11.8. The molecule has 1 aliphatic rings. The first kappa shape index (κ1) is 13.3. The van der Waals surface area contributed by atoms with Gasteiger partial charge in [-0.3, -0.25) is 4.68 Å². The van der Waals surface area contributed by atoms with Crippen molar-refractivity contribution in [3.8, 4) is 0 Å². The van der Waals surface area contributed by atoms with Crippen LogP contribution in [0, 0.1) is 0 Å². The Hall–Kier alpha value is -1.65. The van der Waals surface area contributed by atoms with Crippen LogP contribution in [0.1, 0.15) is 24.0 Å². The maximum atomic E-state index is 4.44. The highest BCUT2D eigenvalue weighted by Crippen LogP contribution is 2.06. The Morgan fingerprint density at radius 2 is 2.15 bits per heavy atom. The van der Waals surface area contributed by atoms with Gasteiger partial charge in [0, 0.05) is 30.9 Å². The summed E-state index contributed by atoms with van der Waals surface area (Å²) in [5.41, 5.74) is 2.54. The molecule has 1 aromatic heterocycles. The maximum Gasteiger partial charge on any atom is 0.0659 e. The molecule has 1 atom stereocenters.